The van der Waals surface area contributed by atoms with Gasteiger partial charge in [0.25, 0.3) is 0 Å². The van der Waals surface area contributed by atoms with Gasteiger partial charge in [0.15, 0.2) is 0 Å². The van der Waals surface area contributed by atoms with Crippen LogP contribution in [0.15, 0.2) is 164 Å². The van der Waals surface area contributed by atoms with Crippen molar-refractivity contribution in [1.29, 1.82) is 0 Å². The number of thiophene rings is 1. The molecule has 1 heterocycles. The van der Waals surface area contributed by atoms with Crippen molar-refractivity contribution < 1.29 is 11.0 Å². The van der Waals surface area contributed by atoms with Crippen LogP contribution in [0.3, 0.4) is 0 Å². The van der Waals surface area contributed by atoms with Crippen LogP contribution in [0.5, 0.6) is 0 Å². The predicted molar refractivity (Wildman–Crippen MR) is 182 cm³/mol. The second-order valence-electron chi connectivity index (χ2n) is 9.95. The maximum absolute atomic E-state index is 9.56. The molecule has 0 atom stereocenters. The first-order chi connectivity index (χ1) is 24.2. The summed E-state index contributed by atoms with van der Waals surface area (Å²) in [6, 6.07) is 32.9. The highest BCUT2D eigenvalue weighted by Gasteiger charge is 2.14. The SMILES string of the molecule is [2H]c1c([2H])c(-c2ccc3sc4ccccc4c3c2)c([2H])c(N(c2ccccc2)c2c([2H])c([2H])c(-c3cccc4ccccc34)c([2H])c2[2H])c1[2H]. The Morgan fingerprint density at radius 2 is 1.21 bits per heavy atom. The summed E-state index contributed by atoms with van der Waals surface area (Å²) in [6.45, 7) is 0. The van der Waals surface area contributed by atoms with Crippen molar-refractivity contribution in [3.63, 3.8) is 0 Å². The molecule has 0 saturated carbocycles. The molecule has 0 aliphatic carbocycles. The van der Waals surface area contributed by atoms with Gasteiger partial charge in [-0.3, -0.25) is 0 Å². The summed E-state index contributed by atoms with van der Waals surface area (Å²) >= 11 is 1.64. The summed E-state index contributed by atoms with van der Waals surface area (Å²) in [4.78, 5) is 1.37. The average molecular weight is 562 g/mol. The molecule has 0 unspecified atom stereocenters. The number of anilines is 3. The van der Waals surface area contributed by atoms with Crippen molar-refractivity contribution in [3.05, 3.63) is 164 Å². The van der Waals surface area contributed by atoms with Crippen LogP contribution in [0.2, 0.25) is 0 Å². The molecule has 42 heavy (non-hydrogen) atoms. The topological polar surface area (TPSA) is 3.24 Å². The Labute approximate surface area is 260 Å². The van der Waals surface area contributed by atoms with Crippen LogP contribution in [-0.2, 0) is 0 Å². The van der Waals surface area contributed by atoms with E-state index in [0.717, 1.165) is 30.9 Å². The molecule has 198 valence electrons. The second-order valence-corrected chi connectivity index (χ2v) is 11.0. The molecule has 0 bridgehead atoms. The van der Waals surface area contributed by atoms with Crippen molar-refractivity contribution >= 4 is 59.3 Å². The molecular formula is C40H27NS. The zero-order chi connectivity index (χ0) is 34.8. The molecule has 0 spiro atoms. The first-order valence-electron chi connectivity index (χ1n) is 17.6. The first-order valence-corrected chi connectivity index (χ1v) is 14.4. The van der Waals surface area contributed by atoms with E-state index in [9.17, 15) is 6.85 Å². The van der Waals surface area contributed by atoms with Gasteiger partial charge in [0.2, 0.25) is 0 Å². The monoisotopic (exact) mass is 561 g/mol. The number of hydrogen-bond acceptors (Lipinski definition) is 2. The van der Waals surface area contributed by atoms with Gasteiger partial charge < -0.3 is 4.90 Å². The molecule has 0 saturated heterocycles. The van der Waals surface area contributed by atoms with Gasteiger partial charge in [-0.25, -0.2) is 0 Å². The molecule has 0 fully saturated rings. The second kappa shape index (κ2) is 10.3. The summed E-state index contributed by atoms with van der Waals surface area (Å²) in [6.07, 6.45) is 0. The van der Waals surface area contributed by atoms with E-state index in [1.807, 2.05) is 78.9 Å². The van der Waals surface area contributed by atoms with Crippen molar-refractivity contribution in [2.24, 2.45) is 0 Å². The molecule has 0 aliphatic heterocycles. The fourth-order valence-corrected chi connectivity index (χ4v) is 6.50. The third-order valence-corrected chi connectivity index (χ3v) is 8.56. The van der Waals surface area contributed by atoms with Crippen LogP contribution in [0, 0.1) is 0 Å². The summed E-state index contributed by atoms with van der Waals surface area (Å²) in [5.74, 6) is 0. The van der Waals surface area contributed by atoms with Gasteiger partial charge in [0.1, 0.15) is 0 Å². The van der Waals surface area contributed by atoms with E-state index in [4.69, 9.17) is 4.11 Å². The predicted octanol–water partition coefficient (Wildman–Crippen LogP) is 12.0. The Kier molecular flexibility index (Phi) is 4.33. The molecular weight excluding hydrogens is 527 g/mol. The highest BCUT2D eigenvalue weighted by Crippen LogP contribution is 2.40. The summed E-state index contributed by atoms with van der Waals surface area (Å²) in [5, 5.41) is 3.68. The lowest BCUT2D eigenvalue weighted by Gasteiger charge is -2.26. The highest BCUT2D eigenvalue weighted by atomic mass is 32.1. The molecule has 2 heteroatoms. The lowest BCUT2D eigenvalue weighted by molar-refractivity contribution is 1.28. The number of hydrogen-bond donors (Lipinski definition) is 0. The van der Waals surface area contributed by atoms with Crippen LogP contribution in [0.4, 0.5) is 17.1 Å². The molecule has 0 amide bonds. The van der Waals surface area contributed by atoms with Crippen molar-refractivity contribution in [2.75, 3.05) is 4.90 Å². The number of fused-ring (bicyclic) bond motifs is 4. The lowest BCUT2D eigenvalue weighted by Crippen LogP contribution is -2.09. The smallest absolute Gasteiger partial charge is 0.0651 e. The number of rotatable bonds is 5. The van der Waals surface area contributed by atoms with Crippen LogP contribution in [-0.4, -0.2) is 0 Å². The van der Waals surface area contributed by atoms with Gasteiger partial charge in [-0.05, 0) is 87.5 Å². The van der Waals surface area contributed by atoms with Crippen LogP contribution < -0.4 is 4.90 Å². The normalized spacial score (nSPS) is 14.0. The lowest BCUT2D eigenvalue weighted by atomic mass is 9.98. The zero-order valence-corrected chi connectivity index (χ0v) is 23.1. The summed E-state index contributed by atoms with van der Waals surface area (Å²) in [7, 11) is 0. The largest absolute Gasteiger partial charge is 0.310 e. The maximum atomic E-state index is 9.56. The van der Waals surface area contributed by atoms with Gasteiger partial charge in [0.05, 0.1) is 11.0 Å². The Morgan fingerprint density at radius 1 is 0.476 bits per heavy atom. The van der Waals surface area contributed by atoms with Crippen LogP contribution in [0.1, 0.15) is 11.0 Å². The standard InChI is InChI=1S/C40H27NS/c1-2-13-32(14-3-1)41(33-23-20-29(21-24-33)36-18-9-11-28-10-4-5-16-35(28)36)34-15-8-12-30(26-34)31-22-25-40-38(27-31)37-17-6-7-19-39(37)42-40/h1-27H/i8D,12D,15D,20D,21D,23D,24D,26D. The Balaban J connectivity index is 1.41. The minimum absolute atomic E-state index is 0.110. The van der Waals surface area contributed by atoms with E-state index >= 15 is 0 Å². The van der Waals surface area contributed by atoms with Gasteiger partial charge in [0, 0.05) is 37.2 Å². The van der Waals surface area contributed by atoms with Gasteiger partial charge in [-0.15, -0.1) is 11.3 Å². The van der Waals surface area contributed by atoms with Crippen LogP contribution in [0.25, 0.3) is 53.2 Å². The molecule has 0 N–H and O–H groups in total. The van der Waals surface area contributed by atoms with E-state index in [2.05, 4.69) is 0 Å². The molecule has 1 aromatic heterocycles. The van der Waals surface area contributed by atoms with Gasteiger partial charge in [-0.2, -0.15) is 0 Å². The third-order valence-electron chi connectivity index (χ3n) is 7.41. The van der Waals surface area contributed by atoms with Gasteiger partial charge in [-0.1, -0.05) is 109 Å². The molecule has 0 aliphatic rings. The fourth-order valence-electron chi connectivity index (χ4n) is 5.41. The van der Waals surface area contributed by atoms with Crippen molar-refractivity contribution in [2.45, 2.75) is 0 Å². The quantitative estimate of drug-likeness (QED) is 0.202. The fraction of sp³-hybridized carbons (Fsp3) is 0. The third kappa shape index (κ3) is 4.34. The molecule has 7 aromatic carbocycles. The first kappa shape index (κ1) is 17.6. The van der Waals surface area contributed by atoms with E-state index in [1.165, 1.54) is 4.90 Å². The van der Waals surface area contributed by atoms with Gasteiger partial charge >= 0.3 is 0 Å². The van der Waals surface area contributed by atoms with E-state index < -0.39 is 12.1 Å². The molecule has 1 nitrogen and oxygen atoms in total. The zero-order valence-electron chi connectivity index (χ0n) is 30.3. The maximum Gasteiger partial charge on any atom is 0.0651 e. The van der Waals surface area contributed by atoms with E-state index in [-0.39, 0.29) is 58.8 Å². The Morgan fingerprint density at radius 3 is 2.10 bits per heavy atom. The Bertz CT molecular complexity index is 2620. The van der Waals surface area contributed by atoms with Crippen molar-refractivity contribution in [1.82, 2.24) is 0 Å². The molecule has 8 aromatic rings. The number of para-hydroxylation sites is 1. The minimum Gasteiger partial charge on any atom is -0.310 e. The van der Waals surface area contributed by atoms with Crippen LogP contribution >= 0.6 is 11.3 Å². The van der Waals surface area contributed by atoms with Crippen molar-refractivity contribution in [3.8, 4) is 22.3 Å². The molecule has 8 rings (SSSR count). The Hall–Kier alpha value is -5.18. The highest BCUT2D eigenvalue weighted by molar-refractivity contribution is 7.25. The summed E-state index contributed by atoms with van der Waals surface area (Å²) < 4.78 is 75.8. The molecule has 0 radical (unpaired) electrons. The average Bonchev–Trinajstić information content (AvgIpc) is 3.51. The summed E-state index contributed by atoms with van der Waals surface area (Å²) in [5.41, 5.74) is 1.50. The number of benzene rings is 7. The number of nitrogens with zero attached hydrogens (tertiary/aromatic N) is 1. The minimum atomic E-state index is -0.426. The van der Waals surface area contributed by atoms with E-state index in [1.54, 1.807) is 47.7 Å². The van der Waals surface area contributed by atoms with E-state index in [0.29, 0.717) is 16.8 Å².